The molecule has 1 heterocycles. The highest BCUT2D eigenvalue weighted by atomic mass is 35.5. The molecule has 0 bridgehead atoms. The normalized spacial score (nSPS) is 10.7. The molecule has 0 fully saturated rings. The van der Waals surface area contributed by atoms with Crippen LogP contribution in [0.25, 0.3) is 0 Å². The number of hydrogen-bond acceptors (Lipinski definition) is 4. The van der Waals surface area contributed by atoms with Crippen molar-refractivity contribution in [3.8, 4) is 0 Å². The smallest absolute Gasteiger partial charge is 0.341 e. The van der Waals surface area contributed by atoms with E-state index in [1.807, 2.05) is 13.8 Å². The second-order valence-corrected chi connectivity index (χ2v) is 7.90. The number of rotatable bonds is 5. The highest BCUT2D eigenvalue weighted by Gasteiger charge is 2.24. The van der Waals surface area contributed by atoms with Gasteiger partial charge in [0.15, 0.2) is 0 Å². The van der Waals surface area contributed by atoms with E-state index in [1.54, 1.807) is 32.0 Å². The number of urea groups is 1. The fourth-order valence-electron chi connectivity index (χ4n) is 2.42. The van der Waals surface area contributed by atoms with Crippen LogP contribution in [0.5, 0.6) is 0 Å². The van der Waals surface area contributed by atoms with Gasteiger partial charge in [0.05, 0.1) is 21.7 Å². The lowest BCUT2D eigenvalue weighted by atomic mass is 10.1. The SMILES string of the molecule is CCc1c(C)sc(NC(=O)Nc2ccc(Cl)c(Cl)c2)c1C(=O)OC(C)C. The summed E-state index contributed by atoms with van der Waals surface area (Å²) in [6.07, 6.45) is 0.423. The maximum atomic E-state index is 12.5. The Labute approximate surface area is 166 Å². The Bertz CT molecular complexity index is 834. The first-order valence-corrected chi connectivity index (χ1v) is 9.66. The molecular weight excluding hydrogens is 395 g/mol. The number of thiophene rings is 1. The summed E-state index contributed by atoms with van der Waals surface area (Å²) in [7, 11) is 0. The van der Waals surface area contributed by atoms with Gasteiger partial charge >= 0.3 is 12.0 Å². The zero-order valence-corrected chi connectivity index (χ0v) is 17.2. The molecule has 2 amide bonds. The van der Waals surface area contributed by atoms with Crippen LogP contribution in [0.3, 0.4) is 0 Å². The predicted octanol–water partition coefficient (Wildman–Crippen LogP) is 6.13. The molecule has 0 radical (unpaired) electrons. The molecule has 2 N–H and O–H groups in total. The second kappa shape index (κ2) is 8.75. The third-order valence-corrected chi connectivity index (χ3v) is 5.32. The average molecular weight is 415 g/mol. The molecule has 0 saturated carbocycles. The molecular formula is C18H20Cl2N2O3S. The molecule has 2 rings (SSSR count). The lowest BCUT2D eigenvalue weighted by molar-refractivity contribution is 0.0378. The number of nitrogens with one attached hydrogen (secondary N) is 2. The average Bonchev–Trinajstić information content (AvgIpc) is 2.85. The van der Waals surface area contributed by atoms with E-state index in [1.165, 1.54) is 11.3 Å². The standard InChI is InChI=1S/C18H20Cl2N2O3S/c1-5-12-10(4)26-16(15(12)17(23)25-9(2)3)22-18(24)21-11-6-7-13(19)14(20)8-11/h6-9H,5H2,1-4H3,(H2,21,22,24). The van der Waals surface area contributed by atoms with Crippen LogP contribution >= 0.6 is 34.5 Å². The monoisotopic (exact) mass is 414 g/mol. The summed E-state index contributed by atoms with van der Waals surface area (Å²) >= 11 is 13.2. The maximum Gasteiger partial charge on any atom is 0.341 e. The molecule has 26 heavy (non-hydrogen) atoms. The minimum atomic E-state index is -0.481. The van der Waals surface area contributed by atoms with E-state index in [0.29, 0.717) is 32.7 Å². The van der Waals surface area contributed by atoms with Crippen LogP contribution in [0, 0.1) is 6.92 Å². The largest absolute Gasteiger partial charge is 0.459 e. The van der Waals surface area contributed by atoms with Crippen molar-refractivity contribution in [2.24, 2.45) is 0 Å². The van der Waals surface area contributed by atoms with Crippen LogP contribution in [-0.2, 0) is 11.2 Å². The lowest BCUT2D eigenvalue weighted by Crippen LogP contribution is -2.21. The molecule has 0 aliphatic carbocycles. The molecule has 0 spiro atoms. The van der Waals surface area contributed by atoms with E-state index in [-0.39, 0.29) is 6.10 Å². The van der Waals surface area contributed by atoms with Crippen molar-refractivity contribution in [1.82, 2.24) is 0 Å². The fraction of sp³-hybridized carbons (Fsp3) is 0.333. The van der Waals surface area contributed by atoms with E-state index in [4.69, 9.17) is 27.9 Å². The minimum absolute atomic E-state index is 0.245. The number of aryl methyl sites for hydroxylation is 1. The summed E-state index contributed by atoms with van der Waals surface area (Å²) in [5.74, 6) is -0.439. The molecule has 140 valence electrons. The summed E-state index contributed by atoms with van der Waals surface area (Å²) in [6.45, 7) is 7.44. The molecule has 0 atom stereocenters. The van der Waals surface area contributed by atoms with Gasteiger partial charge in [0, 0.05) is 10.6 Å². The molecule has 1 aromatic carbocycles. The van der Waals surface area contributed by atoms with Crippen LogP contribution in [0.2, 0.25) is 10.0 Å². The summed E-state index contributed by atoms with van der Waals surface area (Å²) in [5, 5.41) is 6.61. The minimum Gasteiger partial charge on any atom is -0.459 e. The van der Waals surface area contributed by atoms with Gasteiger partial charge in [-0.2, -0.15) is 0 Å². The van der Waals surface area contributed by atoms with E-state index >= 15 is 0 Å². The van der Waals surface area contributed by atoms with E-state index in [9.17, 15) is 9.59 Å². The first-order chi connectivity index (χ1) is 12.2. The van der Waals surface area contributed by atoms with E-state index in [2.05, 4.69) is 10.6 Å². The Kier molecular flexibility index (Phi) is 6.92. The van der Waals surface area contributed by atoms with Crippen molar-refractivity contribution in [1.29, 1.82) is 0 Å². The van der Waals surface area contributed by atoms with Crippen molar-refractivity contribution in [2.45, 2.75) is 40.2 Å². The van der Waals surface area contributed by atoms with Gasteiger partial charge < -0.3 is 10.1 Å². The van der Waals surface area contributed by atoms with Gasteiger partial charge in [0.1, 0.15) is 5.00 Å². The van der Waals surface area contributed by atoms with E-state index < -0.39 is 12.0 Å². The van der Waals surface area contributed by atoms with Crippen molar-refractivity contribution >= 4 is 57.2 Å². The Balaban J connectivity index is 2.23. The zero-order valence-electron chi connectivity index (χ0n) is 14.9. The summed E-state index contributed by atoms with van der Waals surface area (Å²) in [5.41, 5.74) is 1.78. The van der Waals surface area contributed by atoms with Gasteiger partial charge in [0.25, 0.3) is 0 Å². The van der Waals surface area contributed by atoms with E-state index in [0.717, 1.165) is 10.4 Å². The summed E-state index contributed by atoms with van der Waals surface area (Å²) in [4.78, 5) is 25.8. The first-order valence-electron chi connectivity index (χ1n) is 8.09. The number of esters is 1. The number of carbonyl (C=O) groups excluding carboxylic acids is 2. The van der Waals surface area contributed by atoms with Crippen molar-refractivity contribution in [3.63, 3.8) is 0 Å². The van der Waals surface area contributed by atoms with Crippen molar-refractivity contribution in [3.05, 3.63) is 44.2 Å². The molecule has 0 aliphatic rings. The topological polar surface area (TPSA) is 67.4 Å². The predicted molar refractivity (Wildman–Crippen MR) is 108 cm³/mol. The molecule has 0 saturated heterocycles. The Morgan fingerprint density at radius 3 is 2.46 bits per heavy atom. The molecule has 2 aromatic rings. The van der Waals surface area contributed by atoms with Crippen LogP contribution < -0.4 is 10.6 Å². The quantitative estimate of drug-likeness (QED) is 0.577. The number of amides is 2. The molecule has 8 heteroatoms. The van der Waals surface area contributed by atoms with Gasteiger partial charge in [0.2, 0.25) is 0 Å². The highest BCUT2D eigenvalue weighted by molar-refractivity contribution is 7.16. The van der Waals surface area contributed by atoms with Crippen molar-refractivity contribution < 1.29 is 14.3 Å². The molecule has 1 aromatic heterocycles. The fourth-order valence-corrected chi connectivity index (χ4v) is 3.85. The van der Waals surface area contributed by atoms with Gasteiger partial charge in [-0.25, -0.2) is 9.59 Å². The van der Waals surface area contributed by atoms with Crippen LogP contribution in [0.1, 0.15) is 41.6 Å². The lowest BCUT2D eigenvalue weighted by Gasteiger charge is -2.12. The van der Waals surface area contributed by atoms with Gasteiger partial charge in [-0.15, -0.1) is 11.3 Å². The van der Waals surface area contributed by atoms with Crippen LogP contribution in [0.15, 0.2) is 18.2 Å². The molecule has 0 aliphatic heterocycles. The summed E-state index contributed by atoms with van der Waals surface area (Å²) in [6, 6.07) is 4.30. The van der Waals surface area contributed by atoms with Crippen LogP contribution in [0.4, 0.5) is 15.5 Å². The Hall–Kier alpha value is -1.76. The van der Waals surface area contributed by atoms with Crippen molar-refractivity contribution in [2.75, 3.05) is 10.6 Å². The Morgan fingerprint density at radius 1 is 1.19 bits per heavy atom. The van der Waals surface area contributed by atoms with Gasteiger partial charge in [-0.1, -0.05) is 30.1 Å². The van der Waals surface area contributed by atoms with Gasteiger partial charge in [-0.3, -0.25) is 5.32 Å². The number of benzene rings is 1. The molecule has 5 nitrogen and oxygen atoms in total. The second-order valence-electron chi connectivity index (χ2n) is 5.86. The highest BCUT2D eigenvalue weighted by Crippen LogP contribution is 2.34. The van der Waals surface area contributed by atoms with Gasteiger partial charge in [-0.05, 0) is 51.0 Å². The van der Waals surface area contributed by atoms with Crippen LogP contribution in [-0.4, -0.2) is 18.1 Å². The number of halogens is 2. The first kappa shape index (κ1) is 20.6. The number of ether oxygens (including phenoxy) is 1. The number of carbonyl (C=O) groups is 2. The maximum absolute atomic E-state index is 12.5. The third kappa shape index (κ3) is 4.90. The summed E-state index contributed by atoms with van der Waals surface area (Å²) < 4.78 is 5.33. The molecule has 0 unspecified atom stereocenters. The number of anilines is 2. The number of hydrogen-bond donors (Lipinski definition) is 2. The zero-order chi connectivity index (χ0) is 19.4. The third-order valence-electron chi connectivity index (χ3n) is 3.51. The Morgan fingerprint density at radius 2 is 1.88 bits per heavy atom.